The van der Waals surface area contributed by atoms with E-state index in [0.29, 0.717) is 5.92 Å². The van der Waals surface area contributed by atoms with Crippen LogP contribution in [0.15, 0.2) is 6.20 Å². The quantitative estimate of drug-likeness (QED) is 0.714. The molecule has 1 unspecified atom stereocenters. The minimum Gasteiger partial charge on any atom is -0.271 e. The molecule has 1 aromatic rings. The minimum atomic E-state index is 0.649. The van der Waals surface area contributed by atoms with E-state index in [-0.39, 0.29) is 0 Å². The van der Waals surface area contributed by atoms with Crippen LogP contribution in [-0.4, -0.2) is 15.7 Å². The Labute approximate surface area is 95.2 Å². The van der Waals surface area contributed by atoms with E-state index >= 15 is 0 Å². The Morgan fingerprint density at radius 2 is 2.21 bits per heavy atom. The monoisotopic (exact) mass is 234 g/mol. The lowest BCUT2D eigenvalue weighted by atomic mass is 10.1. The Bertz CT molecular complexity index is 264. The third-order valence-corrected chi connectivity index (χ3v) is 2.93. The number of rotatable bonds is 5. The molecule has 14 heavy (non-hydrogen) atoms. The molecular formula is C10H16Cl2N2. The lowest BCUT2D eigenvalue weighted by Gasteiger charge is -2.08. The van der Waals surface area contributed by atoms with E-state index in [1.807, 2.05) is 17.8 Å². The second-order valence-corrected chi connectivity index (χ2v) is 4.48. The van der Waals surface area contributed by atoms with E-state index in [1.165, 1.54) is 0 Å². The van der Waals surface area contributed by atoms with E-state index in [9.17, 15) is 0 Å². The molecule has 80 valence electrons. The maximum absolute atomic E-state index is 5.90. The van der Waals surface area contributed by atoms with Crippen LogP contribution in [-0.2, 0) is 6.54 Å². The summed E-state index contributed by atoms with van der Waals surface area (Å²) in [6.45, 7) is 5.05. The summed E-state index contributed by atoms with van der Waals surface area (Å²) in [5.74, 6) is 1.39. The first-order chi connectivity index (χ1) is 6.63. The highest BCUT2D eigenvalue weighted by molar-refractivity contribution is 6.31. The van der Waals surface area contributed by atoms with E-state index in [1.54, 1.807) is 0 Å². The van der Waals surface area contributed by atoms with Gasteiger partial charge in [0.2, 0.25) is 0 Å². The molecule has 0 aliphatic carbocycles. The van der Waals surface area contributed by atoms with Crippen molar-refractivity contribution >= 4 is 23.2 Å². The maximum Gasteiger partial charge on any atom is 0.0814 e. The molecule has 2 nitrogen and oxygen atoms in total. The van der Waals surface area contributed by atoms with Crippen molar-refractivity contribution < 1.29 is 0 Å². The second-order valence-electron chi connectivity index (χ2n) is 3.70. The summed E-state index contributed by atoms with van der Waals surface area (Å²) in [5, 5.41) is 5.04. The Morgan fingerprint density at radius 3 is 2.71 bits per heavy atom. The van der Waals surface area contributed by atoms with Crippen molar-refractivity contribution in [3.05, 3.63) is 16.9 Å². The average molecular weight is 235 g/mol. The zero-order valence-electron chi connectivity index (χ0n) is 8.63. The molecule has 0 bridgehead atoms. The van der Waals surface area contributed by atoms with Gasteiger partial charge >= 0.3 is 0 Å². The Hall–Kier alpha value is -0.210. The predicted molar refractivity (Wildman–Crippen MR) is 61.1 cm³/mol. The van der Waals surface area contributed by atoms with Gasteiger partial charge < -0.3 is 0 Å². The normalized spacial score (nSPS) is 13.1. The molecule has 1 aromatic heterocycles. The topological polar surface area (TPSA) is 17.8 Å². The highest BCUT2D eigenvalue weighted by Crippen LogP contribution is 2.14. The number of aryl methyl sites for hydroxylation is 2. The lowest BCUT2D eigenvalue weighted by Crippen LogP contribution is -2.04. The van der Waals surface area contributed by atoms with Crippen LogP contribution in [0.25, 0.3) is 0 Å². The van der Waals surface area contributed by atoms with Gasteiger partial charge in [-0.2, -0.15) is 5.10 Å². The average Bonchev–Trinajstić information content (AvgIpc) is 2.44. The number of halogens is 2. The van der Waals surface area contributed by atoms with Crippen LogP contribution < -0.4 is 0 Å². The number of nitrogens with zero attached hydrogens (tertiary/aromatic N) is 2. The molecule has 0 aliphatic heterocycles. The molecule has 1 rings (SSSR count). The fraction of sp³-hybridized carbons (Fsp3) is 0.700. The van der Waals surface area contributed by atoms with Gasteiger partial charge in [0.15, 0.2) is 0 Å². The van der Waals surface area contributed by atoms with Gasteiger partial charge in [-0.1, -0.05) is 18.5 Å². The fourth-order valence-corrected chi connectivity index (χ4v) is 1.81. The van der Waals surface area contributed by atoms with Gasteiger partial charge in [-0.25, -0.2) is 0 Å². The van der Waals surface area contributed by atoms with Crippen LogP contribution in [0.2, 0.25) is 5.02 Å². The molecule has 0 fully saturated rings. The van der Waals surface area contributed by atoms with Crippen LogP contribution in [0.5, 0.6) is 0 Å². The first kappa shape index (κ1) is 11.9. The highest BCUT2D eigenvalue weighted by atomic mass is 35.5. The molecule has 0 aliphatic rings. The standard InChI is InChI=1S/C10H16Cl2N2/c1-8(3-5-11)4-6-14-7-10(12)9(2)13-14/h7-8H,3-6H2,1-2H3. The summed E-state index contributed by atoms with van der Waals surface area (Å²) in [4.78, 5) is 0. The molecule has 0 aromatic carbocycles. The first-order valence-corrected chi connectivity index (χ1v) is 5.80. The second kappa shape index (κ2) is 5.62. The number of alkyl halides is 1. The van der Waals surface area contributed by atoms with Gasteiger partial charge in [0, 0.05) is 18.6 Å². The van der Waals surface area contributed by atoms with Crippen molar-refractivity contribution in [3.63, 3.8) is 0 Å². The van der Waals surface area contributed by atoms with Gasteiger partial charge in [-0.3, -0.25) is 4.68 Å². The molecular weight excluding hydrogens is 219 g/mol. The van der Waals surface area contributed by atoms with Crippen molar-refractivity contribution in [2.75, 3.05) is 5.88 Å². The Morgan fingerprint density at radius 1 is 1.50 bits per heavy atom. The molecule has 1 heterocycles. The zero-order chi connectivity index (χ0) is 10.6. The van der Waals surface area contributed by atoms with Crippen molar-refractivity contribution in [2.24, 2.45) is 5.92 Å². The Kier molecular flexibility index (Phi) is 4.76. The first-order valence-electron chi connectivity index (χ1n) is 4.89. The number of hydrogen-bond acceptors (Lipinski definition) is 1. The van der Waals surface area contributed by atoms with Gasteiger partial charge in [0.05, 0.1) is 10.7 Å². The van der Waals surface area contributed by atoms with Crippen LogP contribution >= 0.6 is 23.2 Å². The fourth-order valence-electron chi connectivity index (χ4n) is 1.29. The maximum atomic E-state index is 5.90. The van der Waals surface area contributed by atoms with Crippen LogP contribution in [0, 0.1) is 12.8 Å². The summed E-state index contributed by atoms with van der Waals surface area (Å²) >= 11 is 11.6. The van der Waals surface area contributed by atoms with Crippen LogP contribution in [0.3, 0.4) is 0 Å². The summed E-state index contributed by atoms with van der Waals surface area (Å²) in [7, 11) is 0. The van der Waals surface area contributed by atoms with Gasteiger partial charge in [-0.15, -0.1) is 11.6 Å². The zero-order valence-corrected chi connectivity index (χ0v) is 10.1. The molecule has 4 heteroatoms. The van der Waals surface area contributed by atoms with Crippen molar-refractivity contribution in [1.29, 1.82) is 0 Å². The van der Waals surface area contributed by atoms with Crippen LogP contribution in [0.1, 0.15) is 25.5 Å². The van der Waals surface area contributed by atoms with Gasteiger partial charge in [-0.05, 0) is 25.7 Å². The molecule has 0 saturated heterocycles. The molecule has 0 saturated carbocycles. The SMILES string of the molecule is Cc1nn(CCC(C)CCCl)cc1Cl. The number of aromatic nitrogens is 2. The smallest absolute Gasteiger partial charge is 0.0814 e. The minimum absolute atomic E-state index is 0.649. The van der Waals surface area contributed by atoms with Crippen molar-refractivity contribution in [1.82, 2.24) is 9.78 Å². The lowest BCUT2D eigenvalue weighted by molar-refractivity contribution is 0.449. The predicted octanol–water partition coefficient (Wildman–Crippen LogP) is 3.50. The van der Waals surface area contributed by atoms with E-state index < -0.39 is 0 Å². The molecule has 0 radical (unpaired) electrons. The third-order valence-electron chi connectivity index (χ3n) is 2.34. The van der Waals surface area contributed by atoms with Crippen LogP contribution in [0.4, 0.5) is 0 Å². The van der Waals surface area contributed by atoms with Crippen molar-refractivity contribution in [3.8, 4) is 0 Å². The Balaban J connectivity index is 2.38. The van der Waals surface area contributed by atoms with Crippen molar-refractivity contribution in [2.45, 2.75) is 33.2 Å². The van der Waals surface area contributed by atoms with Gasteiger partial charge in [0.25, 0.3) is 0 Å². The highest BCUT2D eigenvalue weighted by Gasteiger charge is 2.04. The van der Waals surface area contributed by atoms with Gasteiger partial charge in [0.1, 0.15) is 0 Å². The third kappa shape index (κ3) is 3.50. The molecule has 0 spiro atoms. The molecule has 1 atom stereocenters. The summed E-state index contributed by atoms with van der Waals surface area (Å²) in [6, 6.07) is 0. The molecule has 0 N–H and O–H groups in total. The largest absolute Gasteiger partial charge is 0.271 e. The van der Waals surface area contributed by atoms with E-state index in [4.69, 9.17) is 23.2 Å². The summed E-state index contributed by atoms with van der Waals surface area (Å²) < 4.78 is 1.91. The molecule has 0 amide bonds. The van der Waals surface area contributed by atoms with E-state index in [2.05, 4.69) is 12.0 Å². The van der Waals surface area contributed by atoms with E-state index in [0.717, 1.165) is 36.0 Å². The number of hydrogen-bond donors (Lipinski definition) is 0. The summed E-state index contributed by atoms with van der Waals surface area (Å²) in [6.07, 6.45) is 4.05. The summed E-state index contributed by atoms with van der Waals surface area (Å²) in [5.41, 5.74) is 0.900.